The molecule has 0 bridgehead atoms. The number of rotatable bonds is 3. The molecule has 0 spiro atoms. The topological polar surface area (TPSA) is 96.5 Å². The van der Waals surface area contributed by atoms with Crippen molar-refractivity contribution in [1.29, 1.82) is 0 Å². The Morgan fingerprint density at radius 1 is 1.47 bits per heavy atom. The van der Waals surface area contributed by atoms with Crippen molar-refractivity contribution in [3.8, 4) is 0 Å². The lowest BCUT2D eigenvalue weighted by atomic mass is 9.87. The van der Waals surface area contributed by atoms with Gasteiger partial charge in [0.25, 0.3) is 0 Å². The number of anilines is 1. The highest BCUT2D eigenvalue weighted by atomic mass is 16.4. The molecule has 1 aromatic heterocycles. The number of amides is 1. The number of hydrogen-bond acceptors (Lipinski definition) is 4. The smallest absolute Gasteiger partial charge is 0.306 e. The number of nitrogens with two attached hydrogens (primary N) is 1. The van der Waals surface area contributed by atoms with Crippen molar-refractivity contribution in [3.63, 3.8) is 0 Å². The molecule has 3 N–H and O–H groups in total. The Morgan fingerprint density at radius 2 is 2.21 bits per heavy atom. The summed E-state index contributed by atoms with van der Waals surface area (Å²) < 4.78 is 0. The van der Waals surface area contributed by atoms with Crippen LogP contribution in [0.15, 0.2) is 18.3 Å². The summed E-state index contributed by atoms with van der Waals surface area (Å²) in [6.07, 6.45) is 2.06. The van der Waals surface area contributed by atoms with E-state index in [1.807, 2.05) is 11.8 Å². The fourth-order valence-electron chi connectivity index (χ4n) is 2.44. The molecule has 1 saturated heterocycles. The van der Waals surface area contributed by atoms with E-state index in [9.17, 15) is 9.59 Å². The number of nitrogens with zero attached hydrogens (tertiary/aromatic N) is 2. The number of aliphatic carboxylic acids is 1. The number of carbonyl (C=O) groups excluding carboxylic acids is 1. The van der Waals surface area contributed by atoms with Crippen molar-refractivity contribution in [3.05, 3.63) is 23.9 Å². The Kier molecular flexibility index (Phi) is 3.69. The van der Waals surface area contributed by atoms with Crippen LogP contribution in [-0.2, 0) is 4.79 Å². The molecular formula is C13H17N3O3. The molecule has 19 heavy (non-hydrogen) atoms. The molecule has 6 heteroatoms. The van der Waals surface area contributed by atoms with Gasteiger partial charge >= 0.3 is 5.97 Å². The molecule has 1 fully saturated rings. The Labute approximate surface area is 111 Å². The fourth-order valence-corrected chi connectivity index (χ4v) is 2.44. The van der Waals surface area contributed by atoms with E-state index >= 15 is 0 Å². The molecular weight excluding hydrogens is 246 g/mol. The van der Waals surface area contributed by atoms with E-state index in [-0.39, 0.29) is 11.8 Å². The summed E-state index contributed by atoms with van der Waals surface area (Å²) in [5.41, 5.74) is 5.53. The van der Waals surface area contributed by atoms with Gasteiger partial charge in [0.2, 0.25) is 5.91 Å². The molecule has 0 aromatic carbocycles. The van der Waals surface area contributed by atoms with E-state index in [1.165, 1.54) is 6.20 Å². The molecule has 1 aromatic rings. The molecule has 1 amide bonds. The number of carboxylic acid groups (broad SMARTS) is 1. The van der Waals surface area contributed by atoms with Crippen LogP contribution in [0.2, 0.25) is 0 Å². The van der Waals surface area contributed by atoms with E-state index in [0.29, 0.717) is 25.1 Å². The third kappa shape index (κ3) is 2.83. The van der Waals surface area contributed by atoms with Gasteiger partial charge in [-0.3, -0.25) is 9.59 Å². The average Bonchev–Trinajstić information content (AvgIpc) is 2.38. The van der Waals surface area contributed by atoms with E-state index in [2.05, 4.69) is 4.98 Å². The lowest BCUT2D eigenvalue weighted by Gasteiger charge is -2.35. The van der Waals surface area contributed by atoms with Crippen molar-refractivity contribution in [2.75, 3.05) is 18.0 Å². The van der Waals surface area contributed by atoms with Gasteiger partial charge in [0.05, 0.1) is 11.5 Å². The van der Waals surface area contributed by atoms with Crippen molar-refractivity contribution < 1.29 is 14.7 Å². The predicted molar refractivity (Wildman–Crippen MR) is 69.9 cm³/mol. The highest BCUT2D eigenvalue weighted by Gasteiger charge is 2.31. The molecule has 0 radical (unpaired) electrons. The number of carbonyl (C=O) groups is 2. The van der Waals surface area contributed by atoms with Gasteiger partial charge < -0.3 is 15.7 Å². The van der Waals surface area contributed by atoms with E-state index < -0.39 is 11.9 Å². The SMILES string of the molecule is CC1CN(c2ccc(C(N)=O)cn2)CCC1C(=O)O. The van der Waals surface area contributed by atoms with Gasteiger partial charge in [-0.1, -0.05) is 6.92 Å². The molecule has 2 unspecified atom stereocenters. The van der Waals surface area contributed by atoms with Gasteiger partial charge in [-0.25, -0.2) is 4.98 Å². The minimum absolute atomic E-state index is 0.0730. The van der Waals surface area contributed by atoms with Crippen molar-refractivity contribution in [2.24, 2.45) is 17.6 Å². The normalized spacial score (nSPS) is 23.1. The Balaban J connectivity index is 2.08. The fraction of sp³-hybridized carbons (Fsp3) is 0.462. The predicted octanol–water partition coefficient (Wildman–Crippen LogP) is 0.728. The third-order valence-corrected chi connectivity index (χ3v) is 3.58. The van der Waals surface area contributed by atoms with Crippen molar-refractivity contribution in [1.82, 2.24) is 4.98 Å². The second-order valence-electron chi connectivity index (χ2n) is 4.93. The first-order valence-corrected chi connectivity index (χ1v) is 6.22. The minimum atomic E-state index is -0.732. The molecule has 2 atom stereocenters. The van der Waals surface area contributed by atoms with Gasteiger partial charge in [-0.2, -0.15) is 0 Å². The number of piperidine rings is 1. The van der Waals surface area contributed by atoms with Crippen molar-refractivity contribution >= 4 is 17.7 Å². The van der Waals surface area contributed by atoms with Gasteiger partial charge in [0, 0.05) is 19.3 Å². The molecule has 0 aliphatic carbocycles. The van der Waals surface area contributed by atoms with Crippen LogP contribution in [0.5, 0.6) is 0 Å². The second kappa shape index (κ2) is 5.26. The Bertz CT molecular complexity index is 486. The van der Waals surface area contributed by atoms with Gasteiger partial charge in [-0.15, -0.1) is 0 Å². The summed E-state index contributed by atoms with van der Waals surface area (Å²) in [7, 11) is 0. The number of pyridine rings is 1. The highest BCUT2D eigenvalue weighted by molar-refractivity contribution is 5.92. The second-order valence-corrected chi connectivity index (χ2v) is 4.93. The molecule has 102 valence electrons. The first-order chi connectivity index (χ1) is 8.99. The summed E-state index contributed by atoms with van der Waals surface area (Å²) in [5.74, 6) is -0.702. The van der Waals surface area contributed by atoms with Crippen LogP contribution >= 0.6 is 0 Å². The summed E-state index contributed by atoms with van der Waals surface area (Å²) in [5, 5.41) is 9.08. The van der Waals surface area contributed by atoms with Crippen LogP contribution in [0.4, 0.5) is 5.82 Å². The lowest BCUT2D eigenvalue weighted by molar-refractivity contribution is -0.144. The maximum atomic E-state index is 11.0. The minimum Gasteiger partial charge on any atom is -0.481 e. The molecule has 2 heterocycles. The van der Waals surface area contributed by atoms with Gasteiger partial charge in [0.1, 0.15) is 5.82 Å². The average molecular weight is 263 g/mol. The summed E-state index contributed by atoms with van der Waals surface area (Å²) in [6, 6.07) is 3.38. The van der Waals surface area contributed by atoms with E-state index in [1.54, 1.807) is 12.1 Å². The molecule has 0 saturated carbocycles. The standard InChI is InChI=1S/C13H17N3O3/c1-8-7-16(5-4-10(8)13(18)19)11-3-2-9(6-15-11)12(14)17/h2-3,6,8,10H,4-5,7H2,1H3,(H2,14,17)(H,18,19). The molecule has 1 aliphatic rings. The highest BCUT2D eigenvalue weighted by Crippen LogP contribution is 2.26. The Hall–Kier alpha value is -2.11. The van der Waals surface area contributed by atoms with Crippen LogP contribution in [0.3, 0.4) is 0 Å². The maximum absolute atomic E-state index is 11.0. The summed E-state index contributed by atoms with van der Waals surface area (Å²) in [6.45, 7) is 3.24. The molecule has 1 aliphatic heterocycles. The van der Waals surface area contributed by atoms with E-state index in [0.717, 1.165) is 5.82 Å². The monoisotopic (exact) mass is 263 g/mol. The molecule has 6 nitrogen and oxygen atoms in total. The van der Waals surface area contributed by atoms with Crippen molar-refractivity contribution in [2.45, 2.75) is 13.3 Å². The summed E-state index contributed by atoms with van der Waals surface area (Å²) in [4.78, 5) is 28.2. The number of hydrogen-bond donors (Lipinski definition) is 2. The maximum Gasteiger partial charge on any atom is 0.306 e. The number of aromatic nitrogens is 1. The van der Waals surface area contributed by atoms with Crippen LogP contribution in [-0.4, -0.2) is 35.1 Å². The molecule has 2 rings (SSSR count). The Morgan fingerprint density at radius 3 is 2.68 bits per heavy atom. The summed E-state index contributed by atoms with van der Waals surface area (Å²) >= 11 is 0. The first kappa shape index (κ1) is 13.3. The quantitative estimate of drug-likeness (QED) is 0.838. The van der Waals surface area contributed by atoms with Gasteiger partial charge in [0.15, 0.2) is 0 Å². The van der Waals surface area contributed by atoms with Gasteiger partial charge in [-0.05, 0) is 24.5 Å². The van der Waals surface area contributed by atoms with E-state index in [4.69, 9.17) is 10.8 Å². The van der Waals surface area contributed by atoms with Crippen LogP contribution in [0.1, 0.15) is 23.7 Å². The largest absolute Gasteiger partial charge is 0.481 e. The zero-order valence-corrected chi connectivity index (χ0v) is 10.7. The van der Waals surface area contributed by atoms with Crippen LogP contribution in [0.25, 0.3) is 0 Å². The first-order valence-electron chi connectivity index (χ1n) is 6.22. The van der Waals surface area contributed by atoms with Crippen LogP contribution < -0.4 is 10.6 Å². The number of carboxylic acids is 1. The zero-order chi connectivity index (χ0) is 14.0. The lowest BCUT2D eigenvalue weighted by Crippen LogP contribution is -2.42. The van der Waals surface area contributed by atoms with Crippen LogP contribution in [0, 0.1) is 11.8 Å². The zero-order valence-electron chi connectivity index (χ0n) is 10.7. The third-order valence-electron chi connectivity index (χ3n) is 3.58. The number of primary amides is 1.